The third kappa shape index (κ3) is 1.91. The molecule has 0 bridgehead atoms. The quantitative estimate of drug-likeness (QED) is 0.608. The van der Waals surface area contributed by atoms with Crippen molar-refractivity contribution in [3.63, 3.8) is 0 Å². The molecule has 2 rings (SSSR count). The van der Waals surface area contributed by atoms with E-state index in [1.807, 2.05) is 13.0 Å². The van der Waals surface area contributed by atoms with Gasteiger partial charge in [0.05, 0.1) is 20.0 Å². The molecule has 0 aliphatic heterocycles. The first-order valence-electron chi connectivity index (χ1n) is 4.10. The van der Waals surface area contributed by atoms with Crippen molar-refractivity contribution in [2.24, 2.45) is 0 Å². The summed E-state index contributed by atoms with van der Waals surface area (Å²) >= 11 is 19.1. The molecule has 0 aliphatic carbocycles. The smallest absolute Gasteiger partial charge is 0.0762 e. The maximum Gasteiger partial charge on any atom is 0.0762 e. The van der Waals surface area contributed by atoms with E-state index in [9.17, 15) is 0 Å². The lowest BCUT2D eigenvalue weighted by Gasteiger charge is -2.08. The van der Waals surface area contributed by atoms with Gasteiger partial charge in [-0.15, -0.1) is 0 Å². The predicted octanol–water partition coefficient (Wildman–Crippen LogP) is 5.38. The molecule has 0 atom stereocenters. The fourth-order valence-electron chi connectivity index (χ4n) is 1.41. The van der Waals surface area contributed by atoms with Crippen molar-refractivity contribution in [2.45, 2.75) is 6.92 Å². The van der Waals surface area contributed by atoms with Crippen molar-refractivity contribution in [1.82, 2.24) is 4.98 Å². The van der Waals surface area contributed by atoms with Crippen LogP contribution in [0.25, 0.3) is 10.9 Å². The largest absolute Gasteiger partial charge is 0.255 e. The van der Waals surface area contributed by atoms with Crippen LogP contribution in [0.3, 0.4) is 0 Å². The molecule has 0 spiro atoms. The Bertz CT molecular complexity index is 547. The van der Waals surface area contributed by atoms with Gasteiger partial charge in [-0.1, -0.05) is 23.2 Å². The van der Waals surface area contributed by atoms with E-state index >= 15 is 0 Å². The van der Waals surface area contributed by atoms with Crippen molar-refractivity contribution in [3.05, 3.63) is 36.8 Å². The molecule has 1 nitrogen and oxygen atoms in total. The number of pyridine rings is 1. The molecule has 1 heterocycles. The maximum atomic E-state index is 6.18. The molecule has 0 unspecified atom stereocenters. The first kappa shape index (κ1) is 11.6. The number of aryl methyl sites for hydroxylation is 1. The molecule has 0 N–H and O–H groups in total. The lowest BCUT2D eigenvalue weighted by molar-refractivity contribution is 1.34. The third-order valence-electron chi connectivity index (χ3n) is 2.12. The average Bonchev–Trinajstić information content (AvgIpc) is 2.19. The highest BCUT2D eigenvalue weighted by molar-refractivity contribution is 9.11. The second kappa shape index (κ2) is 4.21. The lowest BCUT2D eigenvalue weighted by Crippen LogP contribution is -1.87. The van der Waals surface area contributed by atoms with Crippen LogP contribution in [-0.4, -0.2) is 4.98 Å². The molecule has 2 aromatic rings. The van der Waals surface area contributed by atoms with Crippen LogP contribution in [-0.2, 0) is 0 Å². The number of aromatic nitrogens is 1. The van der Waals surface area contributed by atoms with Crippen molar-refractivity contribution in [1.29, 1.82) is 0 Å². The summed E-state index contributed by atoms with van der Waals surface area (Å²) in [4.78, 5) is 4.31. The van der Waals surface area contributed by atoms with Gasteiger partial charge in [-0.2, -0.15) is 0 Å². The molecule has 0 saturated carbocycles. The Hall–Kier alpha value is 0.170. The minimum atomic E-state index is 0.592. The van der Waals surface area contributed by atoms with E-state index in [1.165, 1.54) is 0 Å². The van der Waals surface area contributed by atoms with Gasteiger partial charge in [0.25, 0.3) is 0 Å². The fourth-order valence-corrected chi connectivity index (χ4v) is 2.77. The number of hydrogen-bond donors (Lipinski definition) is 0. The molecule has 0 amide bonds. The Morgan fingerprint density at radius 1 is 1.13 bits per heavy atom. The second-order valence-corrected chi connectivity index (χ2v) is 5.60. The molecule has 1 aromatic carbocycles. The summed E-state index contributed by atoms with van der Waals surface area (Å²) in [5.41, 5.74) is 1.87. The van der Waals surface area contributed by atoms with Gasteiger partial charge in [-0.25, -0.2) is 0 Å². The van der Waals surface area contributed by atoms with Crippen LogP contribution in [0, 0.1) is 6.92 Å². The van der Waals surface area contributed by atoms with E-state index in [1.54, 1.807) is 6.20 Å². The Morgan fingerprint density at radius 3 is 2.40 bits per heavy atom. The summed E-state index contributed by atoms with van der Waals surface area (Å²) in [7, 11) is 0. The average molecular weight is 370 g/mol. The summed E-state index contributed by atoms with van der Waals surface area (Å²) < 4.78 is 1.58. The second-order valence-electron chi connectivity index (χ2n) is 3.13. The monoisotopic (exact) mass is 367 g/mol. The summed E-state index contributed by atoms with van der Waals surface area (Å²) in [5.74, 6) is 0. The van der Waals surface area contributed by atoms with E-state index < -0.39 is 0 Å². The number of halogens is 4. The van der Waals surface area contributed by atoms with Crippen LogP contribution >= 0.6 is 55.1 Å². The molecule has 78 valence electrons. The molecular formula is C10H5Br2Cl2N. The van der Waals surface area contributed by atoms with Crippen LogP contribution in [0.2, 0.25) is 10.0 Å². The van der Waals surface area contributed by atoms with Crippen molar-refractivity contribution in [2.75, 3.05) is 0 Å². The molecule has 0 radical (unpaired) electrons. The summed E-state index contributed by atoms with van der Waals surface area (Å²) in [6.07, 6.45) is 1.68. The lowest BCUT2D eigenvalue weighted by atomic mass is 10.1. The zero-order valence-corrected chi connectivity index (χ0v) is 12.3. The summed E-state index contributed by atoms with van der Waals surface area (Å²) in [6.45, 7) is 1.97. The van der Waals surface area contributed by atoms with Gasteiger partial charge in [0, 0.05) is 16.1 Å². The summed E-state index contributed by atoms with van der Waals surface area (Å²) in [6, 6.07) is 1.93. The zero-order valence-electron chi connectivity index (χ0n) is 7.61. The number of fused-ring (bicyclic) bond motifs is 1. The minimum absolute atomic E-state index is 0.592. The molecular weight excluding hydrogens is 365 g/mol. The molecule has 0 fully saturated rings. The van der Waals surface area contributed by atoms with Crippen LogP contribution in [0.4, 0.5) is 0 Å². The minimum Gasteiger partial charge on any atom is -0.255 e. The highest BCUT2D eigenvalue weighted by Gasteiger charge is 2.13. The molecule has 5 heteroatoms. The first-order valence-corrected chi connectivity index (χ1v) is 6.45. The van der Waals surface area contributed by atoms with Crippen LogP contribution < -0.4 is 0 Å². The fraction of sp³-hybridized carbons (Fsp3) is 0.100. The van der Waals surface area contributed by atoms with E-state index in [-0.39, 0.29) is 0 Å². The van der Waals surface area contributed by atoms with Gasteiger partial charge in [0.2, 0.25) is 0 Å². The van der Waals surface area contributed by atoms with Gasteiger partial charge in [0.1, 0.15) is 0 Å². The standard InChI is InChI=1S/C10H5Br2Cl2N/c1-4-2-5(11)8(13)7-9(14)6(12)3-15-10(4)7/h2-3H,1H3. The van der Waals surface area contributed by atoms with Gasteiger partial charge >= 0.3 is 0 Å². The third-order valence-corrected chi connectivity index (χ3v) is 4.59. The van der Waals surface area contributed by atoms with Crippen molar-refractivity contribution >= 4 is 66.0 Å². The highest BCUT2D eigenvalue weighted by atomic mass is 79.9. The number of nitrogens with zero attached hydrogens (tertiary/aromatic N) is 1. The number of rotatable bonds is 0. The Kier molecular flexibility index (Phi) is 3.27. The maximum absolute atomic E-state index is 6.18. The molecule has 1 aromatic heterocycles. The highest BCUT2D eigenvalue weighted by Crippen LogP contribution is 2.39. The van der Waals surface area contributed by atoms with Gasteiger partial charge < -0.3 is 0 Å². The van der Waals surface area contributed by atoms with E-state index in [4.69, 9.17) is 23.2 Å². The van der Waals surface area contributed by atoms with Gasteiger partial charge in [-0.3, -0.25) is 4.98 Å². The summed E-state index contributed by atoms with van der Waals surface area (Å²) in [5, 5.41) is 1.96. The van der Waals surface area contributed by atoms with Crippen LogP contribution in [0.15, 0.2) is 21.2 Å². The molecule has 0 saturated heterocycles. The van der Waals surface area contributed by atoms with E-state index in [0.29, 0.717) is 10.0 Å². The SMILES string of the molecule is Cc1cc(Br)c(Cl)c2c(Cl)c(Br)cnc12. The Morgan fingerprint density at radius 2 is 1.73 bits per heavy atom. The van der Waals surface area contributed by atoms with Gasteiger partial charge in [0.15, 0.2) is 0 Å². The Balaban J connectivity index is 3.04. The van der Waals surface area contributed by atoms with Crippen LogP contribution in [0.1, 0.15) is 5.56 Å². The van der Waals surface area contributed by atoms with Crippen LogP contribution in [0.5, 0.6) is 0 Å². The van der Waals surface area contributed by atoms with Crippen molar-refractivity contribution in [3.8, 4) is 0 Å². The predicted molar refractivity (Wildman–Crippen MR) is 71.9 cm³/mol. The zero-order chi connectivity index (χ0) is 11.2. The van der Waals surface area contributed by atoms with E-state index in [2.05, 4.69) is 36.8 Å². The van der Waals surface area contributed by atoms with Crippen molar-refractivity contribution < 1.29 is 0 Å². The number of hydrogen-bond acceptors (Lipinski definition) is 1. The van der Waals surface area contributed by atoms with Gasteiger partial charge in [-0.05, 0) is 50.4 Å². The van der Waals surface area contributed by atoms with E-state index in [0.717, 1.165) is 25.4 Å². The molecule has 0 aliphatic rings. The topological polar surface area (TPSA) is 12.9 Å². The normalized spacial score (nSPS) is 11.0. The molecule has 15 heavy (non-hydrogen) atoms. The Labute approximate surface area is 114 Å². The number of benzene rings is 1. The first-order chi connectivity index (χ1) is 7.02.